The van der Waals surface area contributed by atoms with Crippen molar-refractivity contribution < 1.29 is 0 Å². The van der Waals surface area contributed by atoms with Crippen LogP contribution in [0, 0.1) is 0 Å². The van der Waals surface area contributed by atoms with Crippen LogP contribution < -0.4 is 0 Å². The fourth-order valence-corrected chi connectivity index (χ4v) is 2.18. The Kier molecular flexibility index (Phi) is 2.08. The summed E-state index contributed by atoms with van der Waals surface area (Å²) in [6.45, 7) is 0. The van der Waals surface area contributed by atoms with Crippen LogP contribution in [0.5, 0.6) is 0 Å². The van der Waals surface area contributed by atoms with Gasteiger partial charge in [0.15, 0.2) is 0 Å². The second-order valence-electron chi connectivity index (χ2n) is 2.61. The molecule has 58 valence electrons. The van der Waals surface area contributed by atoms with Gasteiger partial charge in [-0.05, 0) is 29.9 Å². The van der Waals surface area contributed by atoms with Crippen molar-refractivity contribution >= 4 is 11.8 Å². The first-order valence-electron chi connectivity index (χ1n) is 3.82. The van der Waals surface area contributed by atoms with Gasteiger partial charge in [-0.1, -0.05) is 0 Å². The van der Waals surface area contributed by atoms with Gasteiger partial charge in [0.1, 0.15) is 6.33 Å². The van der Waals surface area contributed by atoms with Crippen LogP contribution in [0.1, 0.15) is 11.3 Å². The SMILES string of the molecule is c1ncc2c(n1)CCSCC2. The third-order valence-electron chi connectivity index (χ3n) is 1.88. The molecular formula is C8H10N2S. The Balaban J connectivity index is 2.33. The third-order valence-corrected chi connectivity index (χ3v) is 2.87. The van der Waals surface area contributed by atoms with Crippen molar-refractivity contribution in [1.29, 1.82) is 0 Å². The molecule has 0 saturated carbocycles. The predicted molar refractivity (Wildman–Crippen MR) is 46.8 cm³/mol. The fourth-order valence-electron chi connectivity index (χ4n) is 1.27. The zero-order valence-electron chi connectivity index (χ0n) is 6.29. The highest BCUT2D eigenvalue weighted by atomic mass is 32.2. The molecule has 2 heterocycles. The van der Waals surface area contributed by atoms with Gasteiger partial charge in [0.25, 0.3) is 0 Å². The highest BCUT2D eigenvalue weighted by Gasteiger charge is 2.07. The molecule has 0 bridgehead atoms. The Morgan fingerprint density at radius 3 is 3.18 bits per heavy atom. The Labute approximate surface area is 70.4 Å². The van der Waals surface area contributed by atoms with Crippen LogP contribution in [0.4, 0.5) is 0 Å². The molecule has 1 aromatic heterocycles. The number of nitrogens with zero attached hydrogens (tertiary/aromatic N) is 2. The minimum Gasteiger partial charge on any atom is -0.245 e. The highest BCUT2D eigenvalue weighted by molar-refractivity contribution is 7.99. The molecule has 1 aromatic rings. The molecule has 0 saturated heterocycles. The van der Waals surface area contributed by atoms with E-state index in [1.165, 1.54) is 22.8 Å². The van der Waals surface area contributed by atoms with Crippen LogP contribution in [-0.4, -0.2) is 21.5 Å². The molecule has 2 rings (SSSR count). The smallest absolute Gasteiger partial charge is 0.115 e. The van der Waals surface area contributed by atoms with Gasteiger partial charge < -0.3 is 0 Å². The minimum absolute atomic E-state index is 1.11. The van der Waals surface area contributed by atoms with E-state index in [0.29, 0.717) is 0 Å². The number of aryl methyl sites for hydroxylation is 2. The summed E-state index contributed by atoms with van der Waals surface area (Å²) in [6, 6.07) is 0. The van der Waals surface area contributed by atoms with Crippen LogP contribution in [0.25, 0.3) is 0 Å². The molecule has 3 heteroatoms. The van der Waals surface area contributed by atoms with Gasteiger partial charge in [-0.25, -0.2) is 9.97 Å². The van der Waals surface area contributed by atoms with E-state index in [-0.39, 0.29) is 0 Å². The molecule has 0 spiro atoms. The number of fused-ring (bicyclic) bond motifs is 1. The summed E-state index contributed by atoms with van der Waals surface area (Å²) in [5.74, 6) is 2.43. The molecule has 0 aromatic carbocycles. The topological polar surface area (TPSA) is 25.8 Å². The van der Waals surface area contributed by atoms with Gasteiger partial charge in [-0.2, -0.15) is 11.8 Å². The van der Waals surface area contributed by atoms with E-state index in [1.807, 2.05) is 18.0 Å². The van der Waals surface area contributed by atoms with Crippen molar-refractivity contribution in [2.45, 2.75) is 12.8 Å². The van der Waals surface area contributed by atoms with E-state index in [4.69, 9.17) is 0 Å². The second-order valence-corrected chi connectivity index (χ2v) is 3.83. The molecule has 0 aliphatic carbocycles. The molecule has 0 fully saturated rings. The summed E-state index contributed by atoms with van der Waals surface area (Å²) in [4.78, 5) is 8.27. The van der Waals surface area contributed by atoms with E-state index in [0.717, 1.165) is 12.8 Å². The number of rotatable bonds is 0. The van der Waals surface area contributed by atoms with E-state index in [9.17, 15) is 0 Å². The zero-order chi connectivity index (χ0) is 7.52. The molecule has 0 unspecified atom stereocenters. The maximum absolute atomic E-state index is 4.25. The summed E-state index contributed by atoms with van der Waals surface area (Å²) in [5, 5.41) is 0. The maximum atomic E-state index is 4.25. The molecule has 1 aliphatic rings. The number of hydrogen-bond donors (Lipinski definition) is 0. The number of hydrogen-bond acceptors (Lipinski definition) is 3. The van der Waals surface area contributed by atoms with Crippen molar-refractivity contribution in [2.75, 3.05) is 11.5 Å². The Bertz CT molecular complexity index is 225. The predicted octanol–water partition coefficient (Wildman–Crippen LogP) is 1.31. The molecule has 0 N–H and O–H groups in total. The first-order valence-corrected chi connectivity index (χ1v) is 4.98. The largest absolute Gasteiger partial charge is 0.245 e. The monoisotopic (exact) mass is 166 g/mol. The molecule has 11 heavy (non-hydrogen) atoms. The second kappa shape index (κ2) is 3.22. The maximum Gasteiger partial charge on any atom is 0.115 e. The quantitative estimate of drug-likeness (QED) is 0.581. The third kappa shape index (κ3) is 1.53. The summed E-state index contributed by atoms with van der Waals surface area (Å²) in [5.41, 5.74) is 2.60. The van der Waals surface area contributed by atoms with Gasteiger partial charge in [0.2, 0.25) is 0 Å². The zero-order valence-corrected chi connectivity index (χ0v) is 7.10. The number of thioether (sulfide) groups is 1. The van der Waals surface area contributed by atoms with Gasteiger partial charge in [0.05, 0.1) is 0 Å². The molecule has 2 nitrogen and oxygen atoms in total. The summed E-state index contributed by atoms with van der Waals surface area (Å²) in [7, 11) is 0. The van der Waals surface area contributed by atoms with Gasteiger partial charge in [0, 0.05) is 11.9 Å². The van der Waals surface area contributed by atoms with Crippen molar-refractivity contribution in [3.8, 4) is 0 Å². The van der Waals surface area contributed by atoms with Gasteiger partial charge in [-0.15, -0.1) is 0 Å². The average Bonchev–Trinajstić information content (AvgIpc) is 2.28. The Hall–Kier alpha value is -0.570. The fraction of sp³-hybridized carbons (Fsp3) is 0.500. The molecule has 1 aliphatic heterocycles. The first kappa shape index (κ1) is 7.10. The lowest BCUT2D eigenvalue weighted by Gasteiger charge is -1.99. The van der Waals surface area contributed by atoms with Gasteiger partial charge in [-0.3, -0.25) is 0 Å². The first-order chi connectivity index (χ1) is 5.47. The van der Waals surface area contributed by atoms with E-state index < -0.39 is 0 Å². The summed E-state index contributed by atoms with van der Waals surface area (Å²) >= 11 is 2.00. The van der Waals surface area contributed by atoms with Crippen molar-refractivity contribution in [2.24, 2.45) is 0 Å². The van der Waals surface area contributed by atoms with Crippen molar-refractivity contribution in [1.82, 2.24) is 9.97 Å². The highest BCUT2D eigenvalue weighted by Crippen LogP contribution is 2.16. The van der Waals surface area contributed by atoms with E-state index >= 15 is 0 Å². The molecule has 0 atom stereocenters. The van der Waals surface area contributed by atoms with Crippen LogP contribution in [0.15, 0.2) is 12.5 Å². The lowest BCUT2D eigenvalue weighted by molar-refractivity contribution is 0.955. The van der Waals surface area contributed by atoms with Crippen molar-refractivity contribution in [3.05, 3.63) is 23.8 Å². The number of aromatic nitrogens is 2. The van der Waals surface area contributed by atoms with E-state index in [1.54, 1.807) is 6.33 Å². The molecule has 0 radical (unpaired) electrons. The lowest BCUT2D eigenvalue weighted by Crippen LogP contribution is -1.97. The van der Waals surface area contributed by atoms with E-state index in [2.05, 4.69) is 9.97 Å². The summed E-state index contributed by atoms with van der Waals surface area (Å²) < 4.78 is 0. The minimum atomic E-state index is 1.11. The van der Waals surface area contributed by atoms with Crippen LogP contribution in [0.2, 0.25) is 0 Å². The average molecular weight is 166 g/mol. The summed E-state index contributed by atoms with van der Waals surface area (Å²) in [6.07, 6.45) is 5.85. The van der Waals surface area contributed by atoms with Gasteiger partial charge >= 0.3 is 0 Å². The van der Waals surface area contributed by atoms with Crippen LogP contribution in [-0.2, 0) is 12.8 Å². The normalized spacial score (nSPS) is 17.1. The Morgan fingerprint density at radius 1 is 1.27 bits per heavy atom. The van der Waals surface area contributed by atoms with Crippen LogP contribution >= 0.6 is 11.8 Å². The van der Waals surface area contributed by atoms with Crippen LogP contribution in [0.3, 0.4) is 0 Å². The standard InChI is InChI=1S/C8H10N2S/c1-3-11-4-2-8-7(1)5-9-6-10-8/h5-6H,1-4H2. The molecule has 0 amide bonds. The Morgan fingerprint density at radius 2 is 2.18 bits per heavy atom. The lowest BCUT2D eigenvalue weighted by atomic mass is 10.1. The van der Waals surface area contributed by atoms with Crippen molar-refractivity contribution in [3.63, 3.8) is 0 Å². The molecular weight excluding hydrogens is 156 g/mol.